The van der Waals surface area contributed by atoms with Crippen molar-refractivity contribution >= 4 is 17.5 Å². The predicted octanol–water partition coefficient (Wildman–Crippen LogP) is 2.63. The maximum atomic E-state index is 11.8. The minimum Gasteiger partial charge on any atom is -0.380 e. The number of amidine groups is 1. The first kappa shape index (κ1) is 16.2. The Morgan fingerprint density at radius 2 is 1.70 bits per heavy atom. The second-order valence-corrected chi connectivity index (χ2v) is 4.71. The summed E-state index contributed by atoms with van der Waals surface area (Å²) in [6.07, 6.45) is 0.876. The fourth-order valence-corrected chi connectivity index (χ4v) is 1.83. The third-order valence-corrected chi connectivity index (χ3v) is 3.20. The number of nitro benzene ring substituents is 1. The number of rotatable bonds is 5. The zero-order chi connectivity index (χ0) is 16.8. The van der Waals surface area contributed by atoms with Crippen molar-refractivity contribution < 1.29 is 14.6 Å². The van der Waals surface area contributed by atoms with Crippen LogP contribution in [0.1, 0.15) is 28.4 Å². The van der Waals surface area contributed by atoms with Gasteiger partial charge in [0, 0.05) is 17.7 Å². The molecule has 0 aliphatic carbocycles. The van der Waals surface area contributed by atoms with Crippen molar-refractivity contribution in [1.82, 2.24) is 0 Å². The Hall–Kier alpha value is -3.22. The summed E-state index contributed by atoms with van der Waals surface area (Å²) in [7, 11) is 0. The molecule has 0 aliphatic heterocycles. The van der Waals surface area contributed by atoms with E-state index in [-0.39, 0.29) is 11.5 Å². The summed E-state index contributed by atoms with van der Waals surface area (Å²) in [6, 6.07) is 12.4. The van der Waals surface area contributed by atoms with E-state index in [0.717, 1.165) is 12.0 Å². The fourth-order valence-electron chi connectivity index (χ4n) is 1.83. The average Bonchev–Trinajstić information content (AvgIpc) is 2.59. The van der Waals surface area contributed by atoms with E-state index >= 15 is 0 Å². The van der Waals surface area contributed by atoms with Crippen LogP contribution in [-0.2, 0) is 11.3 Å². The molecule has 0 saturated carbocycles. The van der Waals surface area contributed by atoms with E-state index < -0.39 is 10.9 Å². The Morgan fingerprint density at radius 3 is 2.22 bits per heavy atom. The monoisotopic (exact) mass is 313 g/mol. The number of non-ortho nitro benzene ring substituents is 1. The minimum atomic E-state index is -0.627. The van der Waals surface area contributed by atoms with Gasteiger partial charge in [-0.15, -0.1) is 0 Å². The molecule has 2 aromatic carbocycles. The highest BCUT2D eigenvalue weighted by Crippen LogP contribution is 2.12. The summed E-state index contributed by atoms with van der Waals surface area (Å²) in [5.74, 6) is -0.670. The lowest BCUT2D eigenvalue weighted by Crippen LogP contribution is -2.15. The summed E-state index contributed by atoms with van der Waals surface area (Å²) < 4.78 is 0. The van der Waals surface area contributed by atoms with Gasteiger partial charge in [0.15, 0.2) is 5.84 Å². The number of nitrogens with zero attached hydrogens (tertiary/aromatic N) is 2. The molecule has 2 rings (SSSR count). The summed E-state index contributed by atoms with van der Waals surface area (Å²) >= 11 is 0. The normalized spacial score (nSPS) is 11.1. The van der Waals surface area contributed by atoms with Crippen molar-refractivity contribution in [1.29, 1.82) is 0 Å². The van der Waals surface area contributed by atoms with Crippen LogP contribution in [0.4, 0.5) is 5.69 Å². The molecule has 2 aromatic rings. The van der Waals surface area contributed by atoms with E-state index in [0.29, 0.717) is 11.1 Å². The topological polar surface area (TPSA) is 108 Å². The first-order valence-corrected chi connectivity index (χ1v) is 6.90. The average molecular weight is 313 g/mol. The van der Waals surface area contributed by atoms with Crippen LogP contribution in [-0.4, -0.2) is 16.7 Å². The second kappa shape index (κ2) is 7.17. The predicted molar refractivity (Wildman–Crippen MR) is 85.1 cm³/mol. The minimum absolute atomic E-state index is 0.0431. The van der Waals surface area contributed by atoms with Crippen molar-refractivity contribution in [2.75, 3.05) is 0 Å². The number of hydrogen-bond donors (Lipinski definition) is 1. The SMILES string of the molecule is CCc1ccc(C(=O)O/N=C(\N)c2ccc([N+](=O)[O-])cc2)cc1. The van der Waals surface area contributed by atoms with E-state index in [1.54, 1.807) is 12.1 Å². The number of aryl methyl sites for hydroxylation is 1. The maximum Gasteiger partial charge on any atom is 0.365 e. The first-order chi connectivity index (χ1) is 11.0. The molecule has 7 heteroatoms. The number of carbonyl (C=O) groups excluding carboxylic acids is 1. The standard InChI is InChI=1S/C16H15N3O4/c1-2-11-3-5-13(6-4-11)16(20)23-18-15(17)12-7-9-14(10-8-12)19(21)22/h3-10H,2H2,1H3,(H2,17,18). The van der Waals surface area contributed by atoms with Crippen LogP contribution in [0.2, 0.25) is 0 Å². The summed E-state index contributed by atoms with van der Waals surface area (Å²) in [5, 5.41) is 14.1. The molecule has 23 heavy (non-hydrogen) atoms. The molecule has 7 nitrogen and oxygen atoms in total. The van der Waals surface area contributed by atoms with Crippen molar-refractivity contribution in [2.24, 2.45) is 10.9 Å². The zero-order valence-corrected chi connectivity index (χ0v) is 12.4. The van der Waals surface area contributed by atoms with E-state index in [4.69, 9.17) is 10.6 Å². The molecule has 0 atom stereocenters. The van der Waals surface area contributed by atoms with Crippen LogP contribution in [0, 0.1) is 10.1 Å². The number of hydrogen-bond acceptors (Lipinski definition) is 5. The lowest BCUT2D eigenvalue weighted by Gasteiger charge is -2.02. The van der Waals surface area contributed by atoms with Gasteiger partial charge in [-0.25, -0.2) is 4.79 Å². The largest absolute Gasteiger partial charge is 0.380 e. The Balaban J connectivity index is 2.05. The summed E-state index contributed by atoms with van der Waals surface area (Å²) in [4.78, 5) is 26.7. The van der Waals surface area contributed by atoms with Gasteiger partial charge in [0.05, 0.1) is 10.5 Å². The third kappa shape index (κ3) is 4.13. The van der Waals surface area contributed by atoms with Crippen molar-refractivity contribution in [3.05, 3.63) is 75.3 Å². The van der Waals surface area contributed by atoms with Crippen LogP contribution in [0.25, 0.3) is 0 Å². The lowest BCUT2D eigenvalue weighted by molar-refractivity contribution is -0.384. The van der Waals surface area contributed by atoms with Gasteiger partial charge in [-0.3, -0.25) is 10.1 Å². The number of benzene rings is 2. The van der Waals surface area contributed by atoms with Crippen LogP contribution in [0.15, 0.2) is 53.7 Å². The Morgan fingerprint density at radius 1 is 1.13 bits per heavy atom. The molecule has 0 amide bonds. The highest BCUT2D eigenvalue weighted by atomic mass is 16.7. The first-order valence-electron chi connectivity index (χ1n) is 6.90. The molecular weight excluding hydrogens is 298 g/mol. The van der Waals surface area contributed by atoms with Gasteiger partial charge >= 0.3 is 5.97 Å². The summed E-state index contributed by atoms with van der Waals surface area (Å²) in [6.45, 7) is 2.02. The molecule has 0 radical (unpaired) electrons. The van der Waals surface area contributed by atoms with Gasteiger partial charge in [0.25, 0.3) is 5.69 Å². The van der Waals surface area contributed by atoms with Crippen LogP contribution in [0.5, 0.6) is 0 Å². The quantitative estimate of drug-likeness (QED) is 0.300. The van der Waals surface area contributed by atoms with E-state index in [9.17, 15) is 14.9 Å². The molecule has 0 fully saturated rings. The van der Waals surface area contributed by atoms with Crippen molar-refractivity contribution in [3.63, 3.8) is 0 Å². The van der Waals surface area contributed by atoms with Gasteiger partial charge in [0.1, 0.15) is 0 Å². The van der Waals surface area contributed by atoms with E-state index in [1.165, 1.54) is 24.3 Å². The highest BCUT2D eigenvalue weighted by Gasteiger charge is 2.09. The molecule has 0 aromatic heterocycles. The molecule has 0 bridgehead atoms. The van der Waals surface area contributed by atoms with Gasteiger partial charge in [0.2, 0.25) is 0 Å². The smallest absolute Gasteiger partial charge is 0.365 e. The molecule has 2 N–H and O–H groups in total. The van der Waals surface area contributed by atoms with Crippen LogP contribution in [0.3, 0.4) is 0 Å². The number of nitro groups is 1. The van der Waals surface area contributed by atoms with Gasteiger partial charge in [-0.05, 0) is 36.2 Å². The Kier molecular flexibility index (Phi) is 5.03. The van der Waals surface area contributed by atoms with Gasteiger partial charge < -0.3 is 10.6 Å². The van der Waals surface area contributed by atoms with E-state index in [2.05, 4.69) is 5.16 Å². The third-order valence-electron chi connectivity index (χ3n) is 3.20. The molecule has 0 spiro atoms. The van der Waals surface area contributed by atoms with Gasteiger partial charge in [-0.1, -0.05) is 24.2 Å². The molecule has 0 unspecified atom stereocenters. The van der Waals surface area contributed by atoms with Crippen molar-refractivity contribution in [3.8, 4) is 0 Å². The fraction of sp³-hybridized carbons (Fsp3) is 0.125. The molecule has 0 heterocycles. The number of oxime groups is 1. The Bertz CT molecular complexity index is 737. The summed E-state index contributed by atoms with van der Waals surface area (Å²) in [5.41, 5.74) is 7.53. The number of carbonyl (C=O) groups is 1. The van der Waals surface area contributed by atoms with Crippen molar-refractivity contribution in [2.45, 2.75) is 13.3 Å². The van der Waals surface area contributed by atoms with Crippen LogP contribution >= 0.6 is 0 Å². The lowest BCUT2D eigenvalue weighted by atomic mass is 10.1. The number of nitrogens with two attached hydrogens (primary N) is 1. The molecule has 0 aliphatic rings. The van der Waals surface area contributed by atoms with Gasteiger partial charge in [-0.2, -0.15) is 0 Å². The second-order valence-electron chi connectivity index (χ2n) is 4.71. The van der Waals surface area contributed by atoms with E-state index in [1.807, 2.05) is 19.1 Å². The molecule has 0 saturated heterocycles. The maximum absolute atomic E-state index is 11.8. The molecule has 118 valence electrons. The Labute approximate surface area is 132 Å². The zero-order valence-electron chi connectivity index (χ0n) is 12.4. The molecular formula is C16H15N3O4. The van der Waals surface area contributed by atoms with Crippen LogP contribution < -0.4 is 5.73 Å². The highest BCUT2D eigenvalue weighted by molar-refractivity contribution is 5.98.